The summed E-state index contributed by atoms with van der Waals surface area (Å²) in [6.07, 6.45) is 0.0282. The van der Waals surface area contributed by atoms with E-state index < -0.39 is 23.0 Å². The Morgan fingerprint density at radius 3 is 1.67 bits per heavy atom. The van der Waals surface area contributed by atoms with E-state index in [0.29, 0.717) is 11.1 Å². The minimum atomic E-state index is -1.90. The zero-order valence-electron chi connectivity index (χ0n) is 17.0. The Kier molecular flexibility index (Phi) is 6.33. The normalized spacial score (nSPS) is 13.2. The molecule has 3 aromatic rings. The van der Waals surface area contributed by atoms with Crippen LogP contribution in [-0.2, 0) is 26.3 Å². The number of hydrogen-bond donors (Lipinski definition) is 2. The van der Waals surface area contributed by atoms with Crippen molar-refractivity contribution in [3.8, 4) is 0 Å². The molecule has 0 radical (unpaired) electrons. The Labute approximate surface area is 176 Å². The molecule has 0 saturated carbocycles. The number of benzene rings is 3. The summed E-state index contributed by atoms with van der Waals surface area (Å²) in [5.74, 6) is -1.20. The molecule has 2 N–H and O–H groups in total. The fraction of sp³-hybridized carbons (Fsp3) is 0.200. The number of nitrogens with one attached hydrogen (secondary N) is 1. The fourth-order valence-electron chi connectivity index (χ4n) is 3.93. The molecular weight excluding hydrogens is 378 g/mol. The van der Waals surface area contributed by atoms with E-state index in [0.717, 1.165) is 5.56 Å². The molecule has 0 bridgehead atoms. The van der Waals surface area contributed by atoms with Crippen LogP contribution in [0, 0.1) is 0 Å². The Morgan fingerprint density at radius 1 is 0.833 bits per heavy atom. The van der Waals surface area contributed by atoms with Crippen molar-refractivity contribution in [3.63, 3.8) is 0 Å². The second-order valence-corrected chi connectivity index (χ2v) is 7.18. The number of rotatable bonds is 7. The molecular formula is C25H25NO4. The van der Waals surface area contributed by atoms with E-state index in [-0.39, 0.29) is 6.42 Å². The van der Waals surface area contributed by atoms with E-state index in [1.54, 1.807) is 48.5 Å². The van der Waals surface area contributed by atoms with Gasteiger partial charge in [-0.1, -0.05) is 91.0 Å². The molecule has 0 aromatic heterocycles. The summed E-state index contributed by atoms with van der Waals surface area (Å²) in [6, 6.07) is 26.9. The van der Waals surface area contributed by atoms with Gasteiger partial charge in [0.2, 0.25) is 5.91 Å². The van der Waals surface area contributed by atoms with Crippen LogP contribution in [0.4, 0.5) is 0 Å². The van der Waals surface area contributed by atoms with Crippen molar-refractivity contribution in [1.29, 1.82) is 0 Å². The van der Waals surface area contributed by atoms with Gasteiger partial charge in [0.1, 0.15) is 5.60 Å². The molecule has 0 spiro atoms. The summed E-state index contributed by atoms with van der Waals surface area (Å²) >= 11 is 0. The van der Waals surface area contributed by atoms with Crippen LogP contribution >= 0.6 is 0 Å². The molecule has 154 valence electrons. The average Bonchev–Trinajstić information content (AvgIpc) is 2.79. The lowest BCUT2D eigenvalue weighted by Gasteiger charge is -2.46. The number of methoxy groups -OCH3 is 1. The van der Waals surface area contributed by atoms with E-state index >= 15 is 0 Å². The quantitative estimate of drug-likeness (QED) is 0.594. The van der Waals surface area contributed by atoms with Gasteiger partial charge in [-0.2, -0.15) is 0 Å². The van der Waals surface area contributed by atoms with E-state index in [2.05, 4.69) is 5.32 Å². The van der Waals surface area contributed by atoms with Gasteiger partial charge in [0.15, 0.2) is 5.54 Å². The van der Waals surface area contributed by atoms with Gasteiger partial charge in [-0.3, -0.25) is 4.79 Å². The molecule has 30 heavy (non-hydrogen) atoms. The van der Waals surface area contributed by atoms with Gasteiger partial charge < -0.3 is 15.2 Å². The largest absolute Gasteiger partial charge is 0.467 e. The van der Waals surface area contributed by atoms with Crippen LogP contribution in [0.3, 0.4) is 0 Å². The van der Waals surface area contributed by atoms with Gasteiger partial charge in [0.25, 0.3) is 0 Å². The first kappa shape index (κ1) is 21.3. The number of esters is 1. The highest BCUT2D eigenvalue weighted by Crippen LogP contribution is 2.42. The molecule has 0 saturated heterocycles. The Hall–Kier alpha value is -3.44. The number of amides is 1. The second kappa shape index (κ2) is 8.93. The number of aliphatic hydroxyl groups is 1. The third-order valence-electron chi connectivity index (χ3n) is 5.24. The maximum atomic E-state index is 13.4. The van der Waals surface area contributed by atoms with Gasteiger partial charge in [-0.25, -0.2) is 4.79 Å². The Balaban J connectivity index is 2.36. The van der Waals surface area contributed by atoms with Gasteiger partial charge >= 0.3 is 5.97 Å². The first-order valence-corrected chi connectivity index (χ1v) is 9.68. The van der Waals surface area contributed by atoms with E-state index in [1.807, 2.05) is 42.5 Å². The first-order valence-electron chi connectivity index (χ1n) is 9.68. The van der Waals surface area contributed by atoms with E-state index in [1.165, 1.54) is 14.0 Å². The molecule has 0 aliphatic heterocycles. The maximum Gasteiger partial charge on any atom is 0.335 e. The van der Waals surface area contributed by atoms with Crippen molar-refractivity contribution in [2.24, 2.45) is 0 Å². The zero-order chi connectivity index (χ0) is 21.6. The number of carbonyl (C=O) groups excluding carboxylic acids is 2. The lowest BCUT2D eigenvalue weighted by Crippen LogP contribution is -2.69. The molecule has 5 heteroatoms. The predicted octanol–water partition coefficient (Wildman–Crippen LogP) is 3.21. The third-order valence-corrected chi connectivity index (χ3v) is 5.24. The molecule has 0 aliphatic rings. The molecule has 1 amide bonds. The standard InChI is InChI=1S/C25H25NO4/c1-19(27)26-24(23(28)30-2,18-20-12-6-3-7-13-20)25(29,21-14-8-4-9-15-21)22-16-10-5-11-17-22/h3-17,29H,18H2,1-2H3,(H,26,27). The molecule has 0 aliphatic carbocycles. The molecule has 3 aromatic carbocycles. The predicted molar refractivity (Wildman–Crippen MR) is 115 cm³/mol. The summed E-state index contributed by atoms with van der Waals surface area (Å²) < 4.78 is 5.16. The smallest absolute Gasteiger partial charge is 0.335 e. The summed E-state index contributed by atoms with van der Waals surface area (Å²) in [5, 5.41) is 15.1. The van der Waals surface area contributed by atoms with Crippen molar-refractivity contribution in [3.05, 3.63) is 108 Å². The average molecular weight is 403 g/mol. The lowest BCUT2D eigenvalue weighted by molar-refractivity contribution is -0.163. The van der Waals surface area contributed by atoms with Crippen molar-refractivity contribution >= 4 is 11.9 Å². The fourth-order valence-corrected chi connectivity index (χ4v) is 3.93. The van der Waals surface area contributed by atoms with Crippen LogP contribution in [0.5, 0.6) is 0 Å². The number of carbonyl (C=O) groups is 2. The molecule has 0 fully saturated rings. The molecule has 3 rings (SSSR count). The number of ether oxygens (including phenoxy) is 1. The highest BCUT2D eigenvalue weighted by molar-refractivity contribution is 5.90. The van der Waals surface area contributed by atoms with Crippen LogP contribution in [0.2, 0.25) is 0 Å². The van der Waals surface area contributed by atoms with Gasteiger partial charge in [0, 0.05) is 13.3 Å². The monoisotopic (exact) mass is 403 g/mol. The summed E-state index contributed by atoms with van der Waals surface area (Å²) in [4.78, 5) is 25.7. The van der Waals surface area contributed by atoms with E-state index in [9.17, 15) is 14.7 Å². The lowest BCUT2D eigenvalue weighted by atomic mass is 9.67. The van der Waals surface area contributed by atoms with Gasteiger partial charge in [-0.05, 0) is 16.7 Å². The van der Waals surface area contributed by atoms with Crippen molar-refractivity contribution in [2.45, 2.75) is 24.5 Å². The van der Waals surface area contributed by atoms with Gasteiger partial charge in [0.05, 0.1) is 7.11 Å². The van der Waals surface area contributed by atoms with Crippen molar-refractivity contribution in [1.82, 2.24) is 5.32 Å². The topological polar surface area (TPSA) is 75.6 Å². The summed E-state index contributed by atoms with van der Waals surface area (Å²) in [7, 11) is 1.25. The van der Waals surface area contributed by atoms with Crippen molar-refractivity contribution in [2.75, 3.05) is 7.11 Å². The third kappa shape index (κ3) is 3.84. The maximum absolute atomic E-state index is 13.4. The van der Waals surface area contributed by atoms with Crippen LogP contribution in [-0.4, -0.2) is 29.6 Å². The summed E-state index contributed by atoms with van der Waals surface area (Å²) in [6.45, 7) is 1.32. The Bertz CT molecular complexity index is 950. The number of hydrogen-bond acceptors (Lipinski definition) is 4. The zero-order valence-corrected chi connectivity index (χ0v) is 17.0. The van der Waals surface area contributed by atoms with Crippen molar-refractivity contribution < 1.29 is 19.4 Å². The van der Waals surface area contributed by atoms with Gasteiger partial charge in [-0.15, -0.1) is 0 Å². The molecule has 1 unspecified atom stereocenters. The first-order chi connectivity index (χ1) is 14.4. The second-order valence-electron chi connectivity index (χ2n) is 7.18. The van der Waals surface area contributed by atoms with Crippen LogP contribution < -0.4 is 5.32 Å². The van der Waals surface area contributed by atoms with Crippen LogP contribution in [0.15, 0.2) is 91.0 Å². The highest BCUT2D eigenvalue weighted by atomic mass is 16.5. The van der Waals surface area contributed by atoms with Crippen LogP contribution in [0.1, 0.15) is 23.6 Å². The minimum Gasteiger partial charge on any atom is -0.467 e. The Morgan fingerprint density at radius 2 is 1.27 bits per heavy atom. The molecule has 1 atom stereocenters. The minimum absolute atomic E-state index is 0.0282. The summed E-state index contributed by atoms with van der Waals surface area (Å²) in [5.41, 5.74) is -2.01. The van der Waals surface area contributed by atoms with E-state index in [4.69, 9.17) is 4.74 Å². The molecule has 5 nitrogen and oxygen atoms in total. The highest BCUT2D eigenvalue weighted by Gasteiger charge is 2.59. The van der Waals surface area contributed by atoms with Crippen LogP contribution in [0.25, 0.3) is 0 Å². The molecule has 0 heterocycles. The SMILES string of the molecule is COC(=O)C(Cc1ccccc1)(NC(C)=O)C(O)(c1ccccc1)c1ccccc1.